The summed E-state index contributed by atoms with van der Waals surface area (Å²) in [5.41, 5.74) is 3.59. The van der Waals surface area contributed by atoms with E-state index in [1.54, 1.807) is 6.08 Å². The molecule has 0 spiro atoms. The van der Waals surface area contributed by atoms with Crippen molar-refractivity contribution < 1.29 is 4.74 Å². The Morgan fingerprint density at radius 2 is 1.84 bits per heavy atom. The molecule has 0 radical (unpaired) electrons. The van der Waals surface area contributed by atoms with Gasteiger partial charge in [0.25, 0.3) is 0 Å². The lowest BCUT2D eigenvalue weighted by molar-refractivity contribution is 0.363. The van der Waals surface area contributed by atoms with Gasteiger partial charge in [-0.1, -0.05) is 72.8 Å². The van der Waals surface area contributed by atoms with Crippen LogP contribution >= 0.6 is 0 Å². The fraction of sp³-hybridized carbons (Fsp3) is 0.0870. The number of hydrogen-bond donors (Lipinski definition) is 0. The van der Waals surface area contributed by atoms with Gasteiger partial charge in [0.05, 0.1) is 11.6 Å². The molecular weight excluding hydrogens is 306 g/mol. The van der Waals surface area contributed by atoms with Crippen LogP contribution in [0.2, 0.25) is 0 Å². The Balaban J connectivity index is 2.19. The molecule has 0 saturated heterocycles. The summed E-state index contributed by atoms with van der Waals surface area (Å²) in [6.45, 7) is 6.16. The highest BCUT2D eigenvalue weighted by molar-refractivity contribution is 6.00. The van der Waals surface area contributed by atoms with Crippen LogP contribution in [0.5, 0.6) is 5.75 Å². The van der Waals surface area contributed by atoms with Crippen LogP contribution < -0.4 is 4.74 Å². The third kappa shape index (κ3) is 3.62. The average Bonchev–Trinajstić information content (AvgIpc) is 2.65. The molecule has 3 rings (SSSR count). The maximum Gasteiger partial charge on any atom is 0.127 e. The van der Waals surface area contributed by atoms with Gasteiger partial charge < -0.3 is 4.74 Å². The zero-order chi connectivity index (χ0) is 17.6. The number of nitrogens with zero attached hydrogens (tertiary/aromatic N) is 1. The second-order valence-electron chi connectivity index (χ2n) is 5.83. The Hall–Kier alpha value is -3.31. The SMILES string of the molecule is C=CCOc1ccc2ccccc2c1/C=C(\C#N)c1ccc(C)cc1. The zero-order valence-electron chi connectivity index (χ0n) is 14.2. The van der Waals surface area contributed by atoms with Gasteiger partial charge in [-0.05, 0) is 35.4 Å². The lowest BCUT2D eigenvalue weighted by atomic mass is 9.98. The number of ether oxygens (including phenoxy) is 1. The summed E-state index contributed by atoms with van der Waals surface area (Å²) in [6, 6.07) is 22.4. The largest absolute Gasteiger partial charge is 0.489 e. The topological polar surface area (TPSA) is 33.0 Å². The first-order valence-electron chi connectivity index (χ1n) is 8.17. The van der Waals surface area contributed by atoms with E-state index in [-0.39, 0.29) is 0 Å². The highest BCUT2D eigenvalue weighted by atomic mass is 16.5. The van der Waals surface area contributed by atoms with E-state index >= 15 is 0 Å². The Morgan fingerprint density at radius 1 is 1.08 bits per heavy atom. The average molecular weight is 325 g/mol. The summed E-state index contributed by atoms with van der Waals surface area (Å²) in [6.07, 6.45) is 3.62. The van der Waals surface area contributed by atoms with Crippen LogP contribution in [0.25, 0.3) is 22.4 Å². The number of aryl methyl sites for hydroxylation is 1. The van der Waals surface area contributed by atoms with E-state index < -0.39 is 0 Å². The molecule has 0 N–H and O–H groups in total. The Bertz CT molecular complexity index is 975. The summed E-state index contributed by atoms with van der Waals surface area (Å²) in [7, 11) is 0. The van der Waals surface area contributed by atoms with E-state index in [0.29, 0.717) is 12.2 Å². The van der Waals surface area contributed by atoms with Gasteiger partial charge in [-0.2, -0.15) is 5.26 Å². The summed E-state index contributed by atoms with van der Waals surface area (Å²) < 4.78 is 5.82. The van der Waals surface area contributed by atoms with Crippen molar-refractivity contribution in [1.82, 2.24) is 0 Å². The number of rotatable bonds is 5. The van der Waals surface area contributed by atoms with Crippen LogP contribution in [0.1, 0.15) is 16.7 Å². The number of benzene rings is 3. The van der Waals surface area contributed by atoms with E-state index in [1.165, 1.54) is 5.56 Å². The van der Waals surface area contributed by atoms with Crippen molar-refractivity contribution in [3.8, 4) is 11.8 Å². The van der Waals surface area contributed by atoms with Crippen LogP contribution in [-0.2, 0) is 0 Å². The smallest absolute Gasteiger partial charge is 0.127 e. The van der Waals surface area contributed by atoms with Crippen LogP contribution in [0.4, 0.5) is 0 Å². The molecule has 122 valence electrons. The monoisotopic (exact) mass is 325 g/mol. The first kappa shape index (κ1) is 16.5. The first-order chi connectivity index (χ1) is 12.2. The minimum Gasteiger partial charge on any atom is -0.489 e. The molecule has 2 heteroatoms. The molecule has 0 aliphatic heterocycles. The molecule has 0 bridgehead atoms. The highest BCUT2D eigenvalue weighted by Crippen LogP contribution is 2.32. The molecule has 2 nitrogen and oxygen atoms in total. The molecule has 3 aromatic carbocycles. The van der Waals surface area contributed by atoms with Crippen LogP contribution in [0, 0.1) is 18.3 Å². The van der Waals surface area contributed by atoms with E-state index in [1.807, 2.05) is 67.6 Å². The molecule has 0 unspecified atom stereocenters. The van der Waals surface area contributed by atoms with Gasteiger partial charge in [0.15, 0.2) is 0 Å². The molecule has 25 heavy (non-hydrogen) atoms. The van der Waals surface area contributed by atoms with Crippen LogP contribution in [-0.4, -0.2) is 6.61 Å². The summed E-state index contributed by atoms with van der Waals surface area (Å²) in [5, 5.41) is 11.8. The summed E-state index contributed by atoms with van der Waals surface area (Å²) in [4.78, 5) is 0. The normalized spacial score (nSPS) is 11.1. The summed E-state index contributed by atoms with van der Waals surface area (Å²) >= 11 is 0. The number of allylic oxidation sites excluding steroid dienone is 1. The molecular formula is C23H19NO. The maximum absolute atomic E-state index is 9.67. The maximum atomic E-state index is 9.67. The number of hydrogen-bond acceptors (Lipinski definition) is 2. The minimum atomic E-state index is 0.422. The molecule has 0 aromatic heterocycles. The zero-order valence-corrected chi connectivity index (χ0v) is 14.2. The predicted octanol–water partition coefficient (Wildman–Crippen LogP) is 5.78. The van der Waals surface area contributed by atoms with Crippen molar-refractivity contribution >= 4 is 22.4 Å². The van der Waals surface area contributed by atoms with E-state index in [0.717, 1.165) is 27.6 Å². The molecule has 0 atom stereocenters. The third-order valence-electron chi connectivity index (χ3n) is 4.06. The first-order valence-corrected chi connectivity index (χ1v) is 8.17. The van der Waals surface area contributed by atoms with Crippen molar-refractivity contribution in [2.24, 2.45) is 0 Å². The van der Waals surface area contributed by atoms with Crippen LogP contribution in [0.3, 0.4) is 0 Å². The molecule has 3 aromatic rings. The predicted molar refractivity (Wildman–Crippen MR) is 104 cm³/mol. The number of nitriles is 1. The van der Waals surface area contributed by atoms with Gasteiger partial charge in [-0.15, -0.1) is 0 Å². The van der Waals surface area contributed by atoms with Crippen molar-refractivity contribution in [3.05, 3.63) is 90.0 Å². The summed E-state index contributed by atoms with van der Waals surface area (Å²) in [5.74, 6) is 0.749. The Morgan fingerprint density at radius 3 is 2.56 bits per heavy atom. The van der Waals surface area contributed by atoms with Gasteiger partial charge in [0.2, 0.25) is 0 Å². The van der Waals surface area contributed by atoms with Crippen molar-refractivity contribution in [2.75, 3.05) is 6.61 Å². The van der Waals surface area contributed by atoms with E-state index in [2.05, 4.69) is 18.7 Å². The molecule has 0 fully saturated rings. The molecule has 0 saturated carbocycles. The van der Waals surface area contributed by atoms with Crippen molar-refractivity contribution in [2.45, 2.75) is 6.92 Å². The van der Waals surface area contributed by atoms with Gasteiger partial charge in [-0.3, -0.25) is 0 Å². The number of fused-ring (bicyclic) bond motifs is 1. The van der Waals surface area contributed by atoms with Gasteiger partial charge in [0, 0.05) is 5.56 Å². The lowest BCUT2D eigenvalue weighted by Crippen LogP contribution is -1.96. The second kappa shape index (κ2) is 7.51. The molecule has 0 aliphatic carbocycles. The van der Waals surface area contributed by atoms with Gasteiger partial charge in [-0.25, -0.2) is 0 Å². The lowest BCUT2D eigenvalue weighted by Gasteiger charge is -2.11. The Kier molecular flexibility index (Phi) is 4.97. The quantitative estimate of drug-likeness (QED) is 0.338. The van der Waals surface area contributed by atoms with Crippen molar-refractivity contribution in [3.63, 3.8) is 0 Å². The molecule has 0 aliphatic rings. The van der Waals surface area contributed by atoms with Crippen molar-refractivity contribution in [1.29, 1.82) is 5.26 Å². The minimum absolute atomic E-state index is 0.422. The fourth-order valence-electron chi connectivity index (χ4n) is 2.76. The standard InChI is InChI=1S/C23H19NO/c1-3-14-25-23-13-12-19-6-4-5-7-21(19)22(23)15-20(16-24)18-10-8-17(2)9-11-18/h3-13,15H,1,14H2,2H3/b20-15+. The van der Waals surface area contributed by atoms with Crippen LogP contribution in [0.15, 0.2) is 73.3 Å². The molecule has 0 heterocycles. The second-order valence-corrected chi connectivity index (χ2v) is 5.83. The highest BCUT2D eigenvalue weighted by Gasteiger charge is 2.09. The fourth-order valence-corrected chi connectivity index (χ4v) is 2.76. The van der Waals surface area contributed by atoms with Gasteiger partial charge in [0.1, 0.15) is 12.4 Å². The molecule has 0 amide bonds. The van der Waals surface area contributed by atoms with E-state index in [4.69, 9.17) is 4.74 Å². The third-order valence-corrected chi connectivity index (χ3v) is 4.06. The van der Waals surface area contributed by atoms with Gasteiger partial charge >= 0.3 is 0 Å². The van der Waals surface area contributed by atoms with E-state index in [9.17, 15) is 5.26 Å². The Labute approximate surface area is 148 Å².